The van der Waals surface area contributed by atoms with Gasteiger partial charge in [0.25, 0.3) is 0 Å². The van der Waals surface area contributed by atoms with E-state index in [2.05, 4.69) is 5.32 Å². The van der Waals surface area contributed by atoms with Gasteiger partial charge < -0.3 is 14.8 Å². The standard InChI is InChI=1S/C12H22N2O4S/c1-3-14(19(2,16)17)8-4-7-13-9-11-5-6-12(10-15)18-11/h5-6,13,15H,3-4,7-10H2,1-2H3. The summed E-state index contributed by atoms with van der Waals surface area (Å²) in [6, 6.07) is 3.55. The van der Waals surface area contributed by atoms with Crippen LogP contribution in [0.5, 0.6) is 0 Å². The molecule has 0 saturated heterocycles. The van der Waals surface area contributed by atoms with Crippen LogP contribution in [0.25, 0.3) is 0 Å². The summed E-state index contributed by atoms with van der Waals surface area (Å²) in [4.78, 5) is 0. The zero-order valence-corrected chi connectivity index (χ0v) is 12.2. The van der Waals surface area contributed by atoms with E-state index in [9.17, 15) is 8.42 Å². The van der Waals surface area contributed by atoms with Gasteiger partial charge in [-0.2, -0.15) is 0 Å². The molecule has 1 heterocycles. The molecule has 0 unspecified atom stereocenters. The zero-order chi connectivity index (χ0) is 14.3. The maximum Gasteiger partial charge on any atom is 0.211 e. The fourth-order valence-corrected chi connectivity index (χ4v) is 2.68. The summed E-state index contributed by atoms with van der Waals surface area (Å²) < 4.78 is 29.5. The van der Waals surface area contributed by atoms with Crippen LogP contribution in [0.15, 0.2) is 16.5 Å². The van der Waals surface area contributed by atoms with Gasteiger partial charge in [0.15, 0.2) is 0 Å². The van der Waals surface area contributed by atoms with Gasteiger partial charge in [-0.1, -0.05) is 6.92 Å². The van der Waals surface area contributed by atoms with Gasteiger partial charge in [-0.15, -0.1) is 0 Å². The molecule has 0 aromatic carbocycles. The highest BCUT2D eigenvalue weighted by Crippen LogP contribution is 2.07. The van der Waals surface area contributed by atoms with E-state index in [1.54, 1.807) is 6.07 Å². The van der Waals surface area contributed by atoms with E-state index < -0.39 is 10.0 Å². The molecular formula is C12H22N2O4S. The largest absolute Gasteiger partial charge is 0.462 e. The van der Waals surface area contributed by atoms with Crippen molar-refractivity contribution < 1.29 is 17.9 Å². The fraction of sp³-hybridized carbons (Fsp3) is 0.667. The van der Waals surface area contributed by atoms with Crippen molar-refractivity contribution in [3.05, 3.63) is 23.7 Å². The Morgan fingerprint density at radius 2 is 2.05 bits per heavy atom. The van der Waals surface area contributed by atoms with Gasteiger partial charge in [-0.05, 0) is 25.1 Å². The molecule has 110 valence electrons. The number of hydrogen-bond acceptors (Lipinski definition) is 5. The third-order valence-electron chi connectivity index (χ3n) is 2.76. The Labute approximate surface area is 114 Å². The highest BCUT2D eigenvalue weighted by molar-refractivity contribution is 7.88. The first-order chi connectivity index (χ1) is 8.97. The summed E-state index contributed by atoms with van der Waals surface area (Å²) in [6.07, 6.45) is 1.97. The summed E-state index contributed by atoms with van der Waals surface area (Å²) in [5, 5.41) is 12.0. The first-order valence-electron chi connectivity index (χ1n) is 6.31. The summed E-state index contributed by atoms with van der Waals surface area (Å²) in [6.45, 7) is 4.03. The summed E-state index contributed by atoms with van der Waals surface area (Å²) in [5.74, 6) is 1.31. The molecule has 0 aliphatic heterocycles. The minimum atomic E-state index is -3.10. The Balaban J connectivity index is 2.20. The van der Waals surface area contributed by atoms with Gasteiger partial charge in [-0.3, -0.25) is 0 Å². The number of nitrogens with one attached hydrogen (secondary N) is 1. The molecule has 0 amide bonds. The van der Waals surface area contributed by atoms with E-state index in [-0.39, 0.29) is 6.61 Å². The van der Waals surface area contributed by atoms with E-state index in [1.165, 1.54) is 10.6 Å². The quantitative estimate of drug-likeness (QED) is 0.648. The predicted octanol–water partition coefficient (Wildman–Crippen LogP) is 0.533. The maximum absolute atomic E-state index is 11.4. The minimum absolute atomic E-state index is 0.0974. The molecule has 0 radical (unpaired) electrons. The van der Waals surface area contributed by atoms with E-state index in [0.717, 1.165) is 12.2 Å². The molecule has 19 heavy (non-hydrogen) atoms. The van der Waals surface area contributed by atoms with Crippen LogP contribution in [-0.4, -0.2) is 43.7 Å². The Morgan fingerprint density at radius 3 is 2.58 bits per heavy atom. The predicted molar refractivity (Wildman–Crippen MR) is 73.0 cm³/mol. The molecule has 0 fully saturated rings. The van der Waals surface area contributed by atoms with E-state index in [0.29, 0.717) is 31.9 Å². The molecule has 2 N–H and O–H groups in total. The molecule has 0 atom stereocenters. The number of sulfonamides is 1. The van der Waals surface area contributed by atoms with Crippen LogP contribution in [-0.2, 0) is 23.2 Å². The van der Waals surface area contributed by atoms with Crippen LogP contribution in [0.1, 0.15) is 24.9 Å². The van der Waals surface area contributed by atoms with Crippen LogP contribution in [0, 0.1) is 0 Å². The summed E-state index contributed by atoms with van der Waals surface area (Å²) >= 11 is 0. The highest BCUT2D eigenvalue weighted by Gasteiger charge is 2.12. The van der Waals surface area contributed by atoms with Crippen molar-refractivity contribution in [2.75, 3.05) is 25.9 Å². The van der Waals surface area contributed by atoms with E-state index >= 15 is 0 Å². The van der Waals surface area contributed by atoms with Crippen molar-refractivity contribution >= 4 is 10.0 Å². The molecule has 1 aromatic rings. The first kappa shape index (κ1) is 16.2. The Hall–Kier alpha value is -0.890. The molecule has 0 aliphatic rings. The first-order valence-corrected chi connectivity index (χ1v) is 8.16. The average Bonchev–Trinajstić information content (AvgIpc) is 2.80. The van der Waals surface area contributed by atoms with Crippen molar-refractivity contribution in [1.82, 2.24) is 9.62 Å². The topological polar surface area (TPSA) is 82.8 Å². The number of hydrogen-bond donors (Lipinski definition) is 2. The maximum atomic E-state index is 11.4. The van der Waals surface area contributed by atoms with Crippen LogP contribution in [0.3, 0.4) is 0 Å². The second-order valence-electron chi connectivity index (χ2n) is 4.31. The van der Waals surface area contributed by atoms with Gasteiger partial charge >= 0.3 is 0 Å². The lowest BCUT2D eigenvalue weighted by atomic mass is 10.4. The van der Waals surface area contributed by atoms with Crippen molar-refractivity contribution in [3.8, 4) is 0 Å². The lowest BCUT2D eigenvalue weighted by Crippen LogP contribution is -2.32. The van der Waals surface area contributed by atoms with Crippen molar-refractivity contribution in [2.45, 2.75) is 26.5 Å². The van der Waals surface area contributed by atoms with E-state index in [4.69, 9.17) is 9.52 Å². The van der Waals surface area contributed by atoms with Gasteiger partial charge in [-0.25, -0.2) is 12.7 Å². The Kier molecular flexibility index (Phi) is 6.50. The third kappa shape index (κ3) is 5.73. The number of nitrogens with zero attached hydrogens (tertiary/aromatic N) is 1. The molecule has 0 aliphatic carbocycles. The molecule has 0 spiro atoms. The molecular weight excluding hydrogens is 268 g/mol. The molecule has 6 nitrogen and oxygen atoms in total. The number of aliphatic hydroxyl groups excluding tert-OH is 1. The van der Waals surface area contributed by atoms with E-state index in [1.807, 2.05) is 13.0 Å². The third-order valence-corrected chi connectivity index (χ3v) is 4.13. The Morgan fingerprint density at radius 1 is 1.37 bits per heavy atom. The van der Waals surface area contributed by atoms with Crippen LogP contribution in [0.4, 0.5) is 0 Å². The number of rotatable bonds is 9. The summed E-state index contributed by atoms with van der Waals surface area (Å²) in [5.41, 5.74) is 0. The average molecular weight is 290 g/mol. The fourth-order valence-electron chi connectivity index (χ4n) is 1.75. The second-order valence-corrected chi connectivity index (χ2v) is 6.29. The minimum Gasteiger partial charge on any atom is -0.462 e. The molecule has 0 bridgehead atoms. The van der Waals surface area contributed by atoms with Crippen molar-refractivity contribution in [2.24, 2.45) is 0 Å². The van der Waals surface area contributed by atoms with Crippen molar-refractivity contribution in [1.29, 1.82) is 0 Å². The normalized spacial score (nSPS) is 12.2. The molecule has 1 rings (SSSR count). The lowest BCUT2D eigenvalue weighted by molar-refractivity contribution is 0.242. The van der Waals surface area contributed by atoms with Crippen LogP contribution in [0.2, 0.25) is 0 Å². The molecule has 0 saturated carbocycles. The monoisotopic (exact) mass is 290 g/mol. The van der Waals surface area contributed by atoms with Crippen LogP contribution >= 0.6 is 0 Å². The van der Waals surface area contributed by atoms with Gasteiger partial charge in [0.05, 0.1) is 12.8 Å². The zero-order valence-electron chi connectivity index (χ0n) is 11.4. The number of aliphatic hydroxyl groups is 1. The van der Waals surface area contributed by atoms with Gasteiger partial charge in [0.2, 0.25) is 10.0 Å². The summed E-state index contributed by atoms with van der Waals surface area (Å²) in [7, 11) is -3.10. The van der Waals surface area contributed by atoms with Crippen molar-refractivity contribution in [3.63, 3.8) is 0 Å². The van der Waals surface area contributed by atoms with Crippen LogP contribution < -0.4 is 5.32 Å². The lowest BCUT2D eigenvalue weighted by Gasteiger charge is -2.17. The Bertz CT molecular complexity index is 470. The SMILES string of the molecule is CCN(CCCNCc1ccc(CO)o1)S(C)(=O)=O. The number of furan rings is 1. The van der Waals surface area contributed by atoms with Gasteiger partial charge in [0.1, 0.15) is 18.1 Å². The second kappa shape index (κ2) is 7.64. The van der Waals surface area contributed by atoms with Gasteiger partial charge in [0, 0.05) is 13.1 Å². The molecule has 7 heteroatoms. The molecule has 1 aromatic heterocycles. The highest BCUT2D eigenvalue weighted by atomic mass is 32.2. The smallest absolute Gasteiger partial charge is 0.211 e.